The molecule has 0 aromatic heterocycles. The van der Waals surface area contributed by atoms with Crippen molar-refractivity contribution >= 4 is 0 Å². The lowest BCUT2D eigenvalue weighted by atomic mass is 9.45. The fourth-order valence-corrected chi connectivity index (χ4v) is 7.74. The Hall–Kier alpha value is -0.590. The minimum atomic E-state index is -0.0421. The average molecular weight is 331 g/mol. The van der Waals surface area contributed by atoms with E-state index >= 15 is 0 Å². The van der Waals surface area contributed by atoms with Gasteiger partial charge in [-0.25, -0.2) is 0 Å². The van der Waals surface area contributed by atoms with Crippen LogP contribution in [0, 0.1) is 45.8 Å². The van der Waals surface area contributed by atoms with E-state index in [0.29, 0.717) is 23.4 Å². The topological polar surface area (TPSA) is 56.0 Å². The largest absolute Gasteiger partial charge is 0.393 e. The molecule has 0 unspecified atom stereocenters. The molecule has 0 aromatic carbocycles. The molecule has 4 rings (SSSR count). The monoisotopic (exact) mass is 330 g/mol. The van der Waals surface area contributed by atoms with Crippen LogP contribution in [-0.2, 0) is 0 Å². The Morgan fingerprint density at radius 1 is 1.00 bits per heavy atom. The molecule has 0 aromatic rings. The fraction of sp³-hybridized carbons (Fsp3) is 0.952. The van der Waals surface area contributed by atoms with E-state index < -0.39 is 0 Å². The number of nitriles is 1. The van der Waals surface area contributed by atoms with E-state index in [1.165, 1.54) is 44.9 Å². The average Bonchev–Trinajstić information content (AvgIpc) is 2.90. The fourth-order valence-electron chi connectivity index (χ4n) is 7.74. The van der Waals surface area contributed by atoms with Crippen LogP contribution in [-0.4, -0.2) is 23.8 Å². The number of rotatable bonds is 2. The lowest BCUT2D eigenvalue weighted by molar-refractivity contribution is -0.123. The van der Waals surface area contributed by atoms with Crippen molar-refractivity contribution in [3.05, 3.63) is 0 Å². The summed E-state index contributed by atoms with van der Waals surface area (Å²) in [5, 5.41) is 22.6. The van der Waals surface area contributed by atoms with Gasteiger partial charge in [0, 0.05) is 6.04 Å². The lowest BCUT2D eigenvalue weighted by Gasteiger charge is -2.61. The molecule has 0 radical (unpaired) electrons. The summed E-state index contributed by atoms with van der Waals surface area (Å²) < 4.78 is 0. The van der Waals surface area contributed by atoms with Gasteiger partial charge in [-0.2, -0.15) is 5.26 Å². The number of hydrogen-bond donors (Lipinski definition) is 2. The molecule has 0 bridgehead atoms. The molecule has 3 nitrogen and oxygen atoms in total. The first-order valence-electron chi connectivity index (χ1n) is 10.3. The molecular weight excluding hydrogens is 296 g/mol. The molecule has 2 N–H and O–H groups in total. The van der Waals surface area contributed by atoms with Crippen LogP contribution < -0.4 is 5.32 Å². The second-order valence-corrected chi connectivity index (χ2v) is 9.80. The minimum absolute atomic E-state index is 0.0421. The van der Waals surface area contributed by atoms with E-state index in [2.05, 4.69) is 25.2 Å². The molecule has 0 spiro atoms. The molecule has 3 heteroatoms. The molecule has 4 aliphatic rings. The predicted molar refractivity (Wildman–Crippen MR) is 95.1 cm³/mol. The third-order valence-corrected chi connectivity index (χ3v) is 9.07. The summed E-state index contributed by atoms with van der Waals surface area (Å²) in [6.07, 6.45) is 11.3. The predicted octanol–water partition coefficient (Wildman–Crippen LogP) is 3.87. The highest BCUT2D eigenvalue weighted by Crippen LogP contribution is 2.66. The molecule has 0 aliphatic heterocycles. The van der Waals surface area contributed by atoms with Gasteiger partial charge >= 0.3 is 0 Å². The lowest BCUT2D eigenvalue weighted by Crippen LogP contribution is -2.55. The Morgan fingerprint density at radius 3 is 2.54 bits per heavy atom. The van der Waals surface area contributed by atoms with Gasteiger partial charge in [0.15, 0.2) is 0 Å². The number of aliphatic hydroxyl groups is 1. The molecular formula is C21H34N2O. The summed E-state index contributed by atoms with van der Waals surface area (Å²) >= 11 is 0. The van der Waals surface area contributed by atoms with E-state index in [0.717, 1.165) is 36.5 Å². The third-order valence-electron chi connectivity index (χ3n) is 9.07. The number of nitrogens with one attached hydrogen (secondary N) is 1. The SMILES string of the molecule is C[C@@]12CC[C@H](O)C[C@H]1CC[C@H]1[C@H]2CC[C@]2(C)[C@@H](NCC#N)CC[C@H]12. The Labute approximate surface area is 147 Å². The molecule has 4 saturated carbocycles. The van der Waals surface area contributed by atoms with Gasteiger partial charge in [0.05, 0.1) is 18.7 Å². The van der Waals surface area contributed by atoms with Gasteiger partial charge in [-0.15, -0.1) is 0 Å². The van der Waals surface area contributed by atoms with Crippen molar-refractivity contribution in [1.82, 2.24) is 5.32 Å². The van der Waals surface area contributed by atoms with Crippen molar-refractivity contribution < 1.29 is 5.11 Å². The maximum absolute atomic E-state index is 10.1. The number of nitrogens with zero attached hydrogens (tertiary/aromatic N) is 1. The van der Waals surface area contributed by atoms with Gasteiger partial charge in [-0.1, -0.05) is 13.8 Å². The summed E-state index contributed by atoms with van der Waals surface area (Å²) in [6.45, 7) is 5.57. The van der Waals surface area contributed by atoms with E-state index in [4.69, 9.17) is 5.26 Å². The zero-order chi connectivity index (χ0) is 16.9. The molecule has 4 aliphatic carbocycles. The standard InChI is InChI=1S/C21H34N2O/c1-20-9-7-15(24)13-14(20)3-4-16-17-5-6-19(23-12-11-22)21(17,2)10-8-18(16)20/h14-19,23-24H,3-10,12-13H2,1-2H3/t14-,15+,16-,17-,18-,19+,20-,21+/m1/s1. The Morgan fingerprint density at radius 2 is 1.75 bits per heavy atom. The highest BCUT2D eigenvalue weighted by Gasteiger charge is 2.59. The molecule has 0 amide bonds. The van der Waals surface area contributed by atoms with E-state index in [9.17, 15) is 5.11 Å². The highest BCUT2D eigenvalue weighted by atomic mass is 16.3. The summed E-state index contributed by atoms with van der Waals surface area (Å²) in [6, 6.07) is 2.82. The third kappa shape index (κ3) is 2.36. The maximum Gasteiger partial charge on any atom is 0.0843 e. The number of hydrogen-bond acceptors (Lipinski definition) is 3. The van der Waals surface area contributed by atoms with Gasteiger partial charge in [0.1, 0.15) is 0 Å². The molecule has 0 heterocycles. The minimum Gasteiger partial charge on any atom is -0.393 e. The van der Waals surface area contributed by atoms with Crippen molar-refractivity contribution in [3.8, 4) is 6.07 Å². The van der Waals surface area contributed by atoms with Crippen molar-refractivity contribution in [3.63, 3.8) is 0 Å². The summed E-state index contributed by atoms with van der Waals surface area (Å²) in [7, 11) is 0. The second-order valence-electron chi connectivity index (χ2n) is 9.80. The van der Waals surface area contributed by atoms with Gasteiger partial charge in [0.2, 0.25) is 0 Å². The maximum atomic E-state index is 10.1. The Bertz CT molecular complexity index is 528. The summed E-state index contributed by atoms with van der Waals surface area (Å²) in [4.78, 5) is 0. The molecule has 134 valence electrons. The smallest absolute Gasteiger partial charge is 0.0843 e. The van der Waals surface area contributed by atoms with Crippen LogP contribution in [0.25, 0.3) is 0 Å². The van der Waals surface area contributed by atoms with E-state index in [1.54, 1.807) is 0 Å². The van der Waals surface area contributed by atoms with Crippen LogP contribution in [0.15, 0.2) is 0 Å². The van der Waals surface area contributed by atoms with Crippen LogP contribution in [0.5, 0.6) is 0 Å². The van der Waals surface area contributed by atoms with Crippen molar-refractivity contribution in [2.45, 2.75) is 83.8 Å². The van der Waals surface area contributed by atoms with Gasteiger partial charge in [-0.05, 0) is 92.3 Å². The second kappa shape index (κ2) is 5.99. The molecule has 8 atom stereocenters. The van der Waals surface area contributed by atoms with Crippen molar-refractivity contribution in [2.75, 3.05) is 6.54 Å². The Balaban J connectivity index is 1.55. The van der Waals surface area contributed by atoms with Crippen LogP contribution in [0.3, 0.4) is 0 Å². The van der Waals surface area contributed by atoms with E-state index in [-0.39, 0.29) is 6.10 Å². The van der Waals surface area contributed by atoms with Gasteiger partial charge in [-0.3, -0.25) is 0 Å². The molecule has 4 fully saturated rings. The van der Waals surface area contributed by atoms with E-state index in [1.807, 2.05) is 0 Å². The van der Waals surface area contributed by atoms with Crippen LogP contribution >= 0.6 is 0 Å². The number of fused-ring (bicyclic) bond motifs is 5. The summed E-state index contributed by atoms with van der Waals surface area (Å²) in [5.74, 6) is 3.35. The molecule has 0 saturated heterocycles. The Kier molecular flexibility index (Phi) is 4.21. The number of aliphatic hydroxyl groups excluding tert-OH is 1. The zero-order valence-electron chi connectivity index (χ0n) is 15.4. The first-order chi connectivity index (χ1) is 11.5. The van der Waals surface area contributed by atoms with Crippen LogP contribution in [0.2, 0.25) is 0 Å². The van der Waals surface area contributed by atoms with Crippen molar-refractivity contribution in [2.24, 2.45) is 34.5 Å². The first kappa shape index (κ1) is 16.9. The zero-order valence-corrected chi connectivity index (χ0v) is 15.4. The van der Waals surface area contributed by atoms with Gasteiger partial charge in [0.25, 0.3) is 0 Å². The normalized spacial score (nSPS) is 53.6. The molecule has 24 heavy (non-hydrogen) atoms. The highest BCUT2D eigenvalue weighted by molar-refractivity contribution is 5.11. The summed E-state index contributed by atoms with van der Waals surface area (Å²) in [5.41, 5.74) is 0.872. The van der Waals surface area contributed by atoms with Crippen molar-refractivity contribution in [1.29, 1.82) is 5.26 Å². The van der Waals surface area contributed by atoms with Gasteiger partial charge < -0.3 is 10.4 Å². The van der Waals surface area contributed by atoms with Crippen LogP contribution in [0.1, 0.15) is 71.6 Å². The quantitative estimate of drug-likeness (QED) is 0.756. The first-order valence-corrected chi connectivity index (χ1v) is 10.3. The van der Waals surface area contributed by atoms with Crippen LogP contribution in [0.4, 0.5) is 0 Å².